The summed E-state index contributed by atoms with van der Waals surface area (Å²) in [7, 11) is 3.86. The van der Waals surface area contributed by atoms with Crippen LogP contribution in [0.5, 0.6) is 0 Å². The fourth-order valence-corrected chi connectivity index (χ4v) is 1.29. The summed E-state index contributed by atoms with van der Waals surface area (Å²) < 4.78 is 0. The number of hydrogen-bond donors (Lipinski definition) is 1. The van der Waals surface area contributed by atoms with Gasteiger partial charge >= 0.3 is 0 Å². The summed E-state index contributed by atoms with van der Waals surface area (Å²) in [6.45, 7) is 4.71. The number of hydrogen-bond acceptors (Lipinski definition) is 4. The highest BCUT2D eigenvalue weighted by atomic mass is 15.2. The maximum atomic E-state index is 5.60. The minimum Gasteiger partial charge on any atom is -0.347 e. The molecular weight excluding hydrogens is 176 g/mol. The van der Waals surface area contributed by atoms with Gasteiger partial charge in [-0.05, 0) is 24.9 Å². The largest absolute Gasteiger partial charge is 0.347 e. The third kappa shape index (κ3) is 2.20. The van der Waals surface area contributed by atoms with E-state index in [1.165, 1.54) is 0 Å². The first-order valence-electron chi connectivity index (χ1n) is 4.77. The zero-order chi connectivity index (χ0) is 10.7. The van der Waals surface area contributed by atoms with Crippen molar-refractivity contribution in [3.8, 4) is 0 Å². The van der Waals surface area contributed by atoms with Crippen molar-refractivity contribution >= 4 is 5.95 Å². The van der Waals surface area contributed by atoms with E-state index in [0.717, 1.165) is 17.2 Å². The Bertz CT molecular complexity index is 309. The lowest BCUT2D eigenvalue weighted by molar-refractivity contribution is 0.751. The van der Waals surface area contributed by atoms with Gasteiger partial charge in [0.15, 0.2) is 0 Å². The zero-order valence-electron chi connectivity index (χ0n) is 9.28. The lowest BCUT2D eigenvalue weighted by Gasteiger charge is -2.15. The highest BCUT2D eigenvalue weighted by Gasteiger charge is 2.09. The molecule has 0 radical (unpaired) electrons. The molecule has 0 spiro atoms. The third-order valence-corrected chi connectivity index (χ3v) is 2.29. The maximum absolute atomic E-state index is 5.60. The van der Waals surface area contributed by atoms with Crippen LogP contribution in [0.4, 0.5) is 5.95 Å². The molecule has 1 rings (SSSR count). The average molecular weight is 194 g/mol. The van der Waals surface area contributed by atoms with Crippen LogP contribution in [0.2, 0.25) is 0 Å². The van der Waals surface area contributed by atoms with E-state index in [1.54, 1.807) is 0 Å². The maximum Gasteiger partial charge on any atom is 0.224 e. The summed E-state index contributed by atoms with van der Waals surface area (Å²) in [4.78, 5) is 10.6. The van der Waals surface area contributed by atoms with Gasteiger partial charge in [-0.3, -0.25) is 0 Å². The van der Waals surface area contributed by atoms with Gasteiger partial charge in [-0.25, -0.2) is 9.97 Å². The van der Waals surface area contributed by atoms with Gasteiger partial charge in [-0.15, -0.1) is 0 Å². The average Bonchev–Trinajstić information content (AvgIpc) is 2.16. The Kier molecular flexibility index (Phi) is 3.41. The van der Waals surface area contributed by atoms with Gasteiger partial charge in [0.25, 0.3) is 0 Å². The Balaban J connectivity index is 3.01. The normalized spacial score (nSPS) is 12.6. The van der Waals surface area contributed by atoms with Crippen LogP contribution < -0.4 is 10.6 Å². The number of nitrogens with zero attached hydrogens (tertiary/aromatic N) is 3. The van der Waals surface area contributed by atoms with E-state index >= 15 is 0 Å². The van der Waals surface area contributed by atoms with Gasteiger partial charge in [-0.1, -0.05) is 6.92 Å². The molecule has 78 valence electrons. The van der Waals surface area contributed by atoms with Gasteiger partial charge in [0.1, 0.15) is 0 Å². The molecule has 1 atom stereocenters. The van der Waals surface area contributed by atoms with Gasteiger partial charge in [0.05, 0.1) is 0 Å². The van der Waals surface area contributed by atoms with Crippen LogP contribution in [0.1, 0.15) is 24.1 Å². The molecule has 0 saturated carbocycles. The van der Waals surface area contributed by atoms with E-state index in [0.29, 0.717) is 12.5 Å². The summed E-state index contributed by atoms with van der Waals surface area (Å²) in [5.41, 5.74) is 7.76. The fraction of sp³-hybridized carbons (Fsp3) is 0.600. The standard InChI is InChI=1S/C10H18N4/c1-7(5-11)9-6-12-10(14(3)4)13-8(9)2/h6-7H,5,11H2,1-4H3. The van der Waals surface area contributed by atoms with Gasteiger partial charge in [0.2, 0.25) is 5.95 Å². The summed E-state index contributed by atoms with van der Waals surface area (Å²) in [5, 5.41) is 0. The highest BCUT2D eigenvalue weighted by Crippen LogP contribution is 2.17. The molecule has 0 amide bonds. The second kappa shape index (κ2) is 4.37. The summed E-state index contributed by atoms with van der Waals surface area (Å²) in [6.07, 6.45) is 1.87. The molecule has 0 aliphatic rings. The molecule has 0 aromatic carbocycles. The molecule has 1 aromatic rings. The second-order valence-electron chi connectivity index (χ2n) is 3.74. The van der Waals surface area contributed by atoms with E-state index in [4.69, 9.17) is 5.73 Å². The quantitative estimate of drug-likeness (QED) is 0.777. The summed E-state index contributed by atoms with van der Waals surface area (Å²) in [6, 6.07) is 0. The van der Waals surface area contributed by atoms with Gasteiger partial charge < -0.3 is 10.6 Å². The minimum absolute atomic E-state index is 0.325. The van der Waals surface area contributed by atoms with Crippen molar-refractivity contribution in [2.45, 2.75) is 19.8 Å². The van der Waals surface area contributed by atoms with Crippen LogP contribution in [-0.4, -0.2) is 30.6 Å². The Morgan fingerprint density at radius 2 is 2.14 bits per heavy atom. The smallest absolute Gasteiger partial charge is 0.224 e. The molecule has 0 aliphatic heterocycles. The Morgan fingerprint density at radius 3 is 2.57 bits per heavy atom. The van der Waals surface area contributed by atoms with Crippen molar-refractivity contribution in [1.29, 1.82) is 0 Å². The zero-order valence-corrected chi connectivity index (χ0v) is 9.28. The molecular formula is C10H18N4. The van der Waals surface area contributed by atoms with E-state index < -0.39 is 0 Å². The summed E-state index contributed by atoms with van der Waals surface area (Å²) in [5.74, 6) is 1.07. The van der Waals surface area contributed by atoms with Crippen LogP contribution in [-0.2, 0) is 0 Å². The van der Waals surface area contributed by atoms with Crippen molar-refractivity contribution in [3.05, 3.63) is 17.5 Å². The molecule has 4 nitrogen and oxygen atoms in total. The molecule has 0 bridgehead atoms. The van der Waals surface area contributed by atoms with Crippen molar-refractivity contribution in [2.75, 3.05) is 25.5 Å². The molecule has 4 heteroatoms. The van der Waals surface area contributed by atoms with Crippen LogP contribution in [0, 0.1) is 6.92 Å². The first kappa shape index (κ1) is 10.9. The first-order valence-corrected chi connectivity index (χ1v) is 4.77. The van der Waals surface area contributed by atoms with E-state index in [1.807, 2.05) is 32.1 Å². The number of nitrogens with two attached hydrogens (primary N) is 1. The Hall–Kier alpha value is -1.16. The van der Waals surface area contributed by atoms with Crippen molar-refractivity contribution < 1.29 is 0 Å². The number of rotatable bonds is 3. The Morgan fingerprint density at radius 1 is 1.50 bits per heavy atom. The van der Waals surface area contributed by atoms with Crippen LogP contribution in [0.15, 0.2) is 6.20 Å². The minimum atomic E-state index is 0.325. The SMILES string of the molecule is Cc1nc(N(C)C)ncc1C(C)CN. The van der Waals surface area contributed by atoms with E-state index in [-0.39, 0.29) is 0 Å². The molecule has 0 aliphatic carbocycles. The van der Waals surface area contributed by atoms with Gasteiger partial charge in [0, 0.05) is 26.0 Å². The van der Waals surface area contributed by atoms with E-state index in [2.05, 4.69) is 16.9 Å². The van der Waals surface area contributed by atoms with E-state index in [9.17, 15) is 0 Å². The highest BCUT2D eigenvalue weighted by molar-refractivity contribution is 5.32. The molecule has 1 unspecified atom stereocenters. The number of anilines is 1. The lowest BCUT2D eigenvalue weighted by Crippen LogP contribution is -2.16. The molecule has 0 fully saturated rings. The van der Waals surface area contributed by atoms with Gasteiger partial charge in [-0.2, -0.15) is 0 Å². The van der Waals surface area contributed by atoms with Crippen molar-refractivity contribution in [3.63, 3.8) is 0 Å². The molecule has 1 heterocycles. The third-order valence-electron chi connectivity index (χ3n) is 2.29. The van der Waals surface area contributed by atoms with Crippen LogP contribution in [0.3, 0.4) is 0 Å². The number of aryl methyl sites for hydroxylation is 1. The molecule has 2 N–H and O–H groups in total. The van der Waals surface area contributed by atoms with Crippen LogP contribution in [0.25, 0.3) is 0 Å². The Labute approximate surface area is 85.2 Å². The fourth-order valence-electron chi connectivity index (χ4n) is 1.29. The summed E-state index contributed by atoms with van der Waals surface area (Å²) >= 11 is 0. The predicted octanol–water partition coefficient (Wildman–Crippen LogP) is 0.913. The van der Waals surface area contributed by atoms with Crippen LogP contribution >= 0.6 is 0 Å². The van der Waals surface area contributed by atoms with Crippen molar-refractivity contribution in [2.24, 2.45) is 5.73 Å². The molecule has 1 aromatic heterocycles. The predicted molar refractivity (Wildman–Crippen MR) is 58.6 cm³/mol. The van der Waals surface area contributed by atoms with Crippen molar-refractivity contribution in [1.82, 2.24) is 9.97 Å². The molecule has 14 heavy (non-hydrogen) atoms. The number of aromatic nitrogens is 2. The first-order chi connectivity index (χ1) is 6.56. The second-order valence-corrected chi connectivity index (χ2v) is 3.74. The monoisotopic (exact) mass is 194 g/mol. The molecule has 0 saturated heterocycles. The topological polar surface area (TPSA) is 55.0 Å². The lowest BCUT2D eigenvalue weighted by atomic mass is 10.0.